The number of ether oxygens (including phenoxy) is 1. The molecule has 0 saturated heterocycles. The van der Waals surface area contributed by atoms with Gasteiger partial charge in [0.25, 0.3) is 0 Å². The van der Waals surface area contributed by atoms with Crippen molar-refractivity contribution in [1.29, 1.82) is 0 Å². The van der Waals surface area contributed by atoms with Gasteiger partial charge in [-0.1, -0.05) is 170 Å². The van der Waals surface area contributed by atoms with E-state index in [1.165, 1.54) is 49.6 Å². The molecule has 9 aromatic carbocycles. The van der Waals surface area contributed by atoms with Gasteiger partial charge in [-0.15, -0.1) is 0 Å². The third-order valence-electron chi connectivity index (χ3n) is 14.3. The van der Waals surface area contributed by atoms with Gasteiger partial charge < -0.3 is 19.2 Å². The van der Waals surface area contributed by atoms with Crippen molar-refractivity contribution >= 4 is 55.1 Å². The highest BCUT2D eigenvalue weighted by Gasteiger charge is 2.50. The lowest BCUT2D eigenvalue weighted by Gasteiger charge is -2.45. The van der Waals surface area contributed by atoms with Crippen molar-refractivity contribution in [2.24, 2.45) is 4.99 Å². The molecule has 2 unspecified atom stereocenters. The minimum absolute atomic E-state index is 0.157. The number of hydrogen-bond acceptors (Lipinski definition) is 3. The fourth-order valence-electron chi connectivity index (χ4n) is 11.5. The van der Waals surface area contributed by atoms with Gasteiger partial charge in [0, 0.05) is 49.5 Å². The van der Waals surface area contributed by atoms with E-state index in [2.05, 4.69) is 233 Å². The molecule has 5 heterocycles. The number of fused-ring (bicyclic) bond motifs is 14. The Morgan fingerprint density at radius 1 is 0.485 bits per heavy atom. The van der Waals surface area contributed by atoms with E-state index in [4.69, 9.17) is 9.73 Å². The summed E-state index contributed by atoms with van der Waals surface area (Å²) in [5, 5.41) is 8.68. The van der Waals surface area contributed by atoms with E-state index in [0.29, 0.717) is 0 Å². The van der Waals surface area contributed by atoms with Crippen LogP contribution < -0.4 is 10.1 Å². The Morgan fingerprint density at radius 3 is 1.95 bits per heavy atom. The molecule has 0 fully saturated rings. The summed E-state index contributed by atoms with van der Waals surface area (Å²) < 4.78 is 12.0. The van der Waals surface area contributed by atoms with Gasteiger partial charge in [-0.25, -0.2) is 4.99 Å². The smallest absolute Gasteiger partial charge is 0.134 e. The Balaban J connectivity index is 0.968. The fraction of sp³-hybridized carbons (Fsp3) is 0.0656. The summed E-state index contributed by atoms with van der Waals surface area (Å²) in [6.07, 6.45) is 4.17. The standard InChI is InChI=1S/C61H42N4O/c1-3-17-39(18-4-1)51-27-16-28-52(63-60(62-51)41-19-5-2-6-20-41)40-33-35-42(36-34-40)64-53-29-11-8-22-44(53)46-37-58-50(38-56(46)64)61(48-25-10-14-32-57(48)66-58)47-24-9-13-31-55(47)65-54-30-12-7-21-43(54)45-23-15-26-49(61)59(45)65/h1-15,17-26,28-38,51H,16,27H2,(H,62,63). The molecule has 2 aromatic heterocycles. The Bertz CT molecular complexity index is 3820. The summed E-state index contributed by atoms with van der Waals surface area (Å²) in [4.78, 5) is 5.37. The second-order valence-electron chi connectivity index (χ2n) is 17.8. The summed E-state index contributed by atoms with van der Waals surface area (Å²) in [5.41, 5.74) is 15.5. The SMILES string of the molecule is C1=C(c2ccc(-n3c4ccccc4c4cc5c(cc43)C3(c4ccccc4O5)c4ccccc4-n4c5ccccc5c5cccc3c54)cc2)N=C(c2ccccc2)NC(c2ccccc2)CC1. The van der Waals surface area contributed by atoms with Gasteiger partial charge in [0.15, 0.2) is 0 Å². The summed E-state index contributed by atoms with van der Waals surface area (Å²) in [7, 11) is 0. The Hall–Kier alpha value is -8.41. The summed E-state index contributed by atoms with van der Waals surface area (Å²) in [5.74, 6) is 2.64. The van der Waals surface area contributed by atoms with Gasteiger partial charge in [0.2, 0.25) is 0 Å². The molecule has 66 heavy (non-hydrogen) atoms. The van der Waals surface area contributed by atoms with E-state index in [9.17, 15) is 0 Å². The predicted octanol–water partition coefficient (Wildman–Crippen LogP) is 14.6. The van der Waals surface area contributed by atoms with Crippen LogP contribution in [0, 0.1) is 0 Å². The molecule has 14 rings (SSSR count). The monoisotopic (exact) mass is 846 g/mol. The maximum Gasteiger partial charge on any atom is 0.134 e. The first-order chi connectivity index (χ1) is 32.7. The maximum atomic E-state index is 7.07. The van der Waals surface area contributed by atoms with Crippen LogP contribution in [-0.4, -0.2) is 15.0 Å². The molecule has 5 nitrogen and oxygen atoms in total. The van der Waals surface area contributed by atoms with Crippen LogP contribution in [0.15, 0.2) is 223 Å². The van der Waals surface area contributed by atoms with Crippen molar-refractivity contribution in [2.75, 3.05) is 0 Å². The third kappa shape index (κ3) is 5.25. The molecular formula is C61H42N4O. The molecule has 0 saturated carbocycles. The topological polar surface area (TPSA) is 43.5 Å². The predicted molar refractivity (Wildman–Crippen MR) is 270 cm³/mol. The molecule has 11 aromatic rings. The fourth-order valence-corrected chi connectivity index (χ4v) is 11.5. The number of nitrogens with zero attached hydrogens (tertiary/aromatic N) is 3. The molecule has 0 amide bonds. The van der Waals surface area contributed by atoms with Crippen LogP contribution in [0.3, 0.4) is 0 Å². The quantitative estimate of drug-likeness (QED) is 0.192. The van der Waals surface area contributed by atoms with Gasteiger partial charge in [-0.05, 0) is 78.1 Å². The molecule has 0 bridgehead atoms. The Kier molecular flexibility index (Phi) is 8.02. The first-order valence-corrected chi connectivity index (χ1v) is 23.0. The second-order valence-corrected chi connectivity index (χ2v) is 17.8. The van der Waals surface area contributed by atoms with Crippen LogP contribution in [0.2, 0.25) is 0 Å². The van der Waals surface area contributed by atoms with Crippen molar-refractivity contribution in [2.45, 2.75) is 24.3 Å². The van der Waals surface area contributed by atoms with Crippen LogP contribution >= 0.6 is 0 Å². The van der Waals surface area contributed by atoms with E-state index < -0.39 is 5.41 Å². The van der Waals surface area contributed by atoms with Crippen LogP contribution in [-0.2, 0) is 5.41 Å². The largest absolute Gasteiger partial charge is 0.457 e. The highest BCUT2D eigenvalue weighted by atomic mass is 16.5. The first-order valence-electron chi connectivity index (χ1n) is 23.0. The van der Waals surface area contributed by atoms with E-state index >= 15 is 0 Å². The number of aromatic nitrogens is 2. The van der Waals surface area contributed by atoms with Gasteiger partial charge >= 0.3 is 0 Å². The summed E-state index contributed by atoms with van der Waals surface area (Å²) in [6.45, 7) is 0. The lowest BCUT2D eigenvalue weighted by atomic mass is 9.61. The van der Waals surface area contributed by atoms with Crippen LogP contribution in [0.5, 0.6) is 11.5 Å². The Morgan fingerprint density at radius 2 is 1.14 bits per heavy atom. The molecular weight excluding hydrogens is 805 g/mol. The van der Waals surface area contributed by atoms with E-state index in [0.717, 1.165) is 80.2 Å². The molecule has 0 radical (unpaired) electrons. The lowest BCUT2D eigenvalue weighted by molar-refractivity contribution is 0.435. The van der Waals surface area contributed by atoms with Gasteiger partial charge in [0.1, 0.15) is 17.3 Å². The van der Waals surface area contributed by atoms with Gasteiger partial charge in [-0.3, -0.25) is 0 Å². The average molecular weight is 847 g/mol. The number of nitrogens with one attached hydrogen (secondary N) is 1. The third-order valence-corrected chi connectivity index (χ3v) is 14.3. The number of hydrogen-bond donors (Lipinski definition) is 1. The average Bonchev–Trinajstić information content (AvgIpc) is 3.88. The normalized spacial score (nSPS) is 17.3. The highest BCUT2D eigenvalue weighted by molar-refractivity contribution is 6.14. The van der Waals surface area contributed by atoms with Crippen LogP contribution in [0.25, 0.3) is 60.7 Å². The van der Waals surface area contributed by atoms with Crippen molar-refractivity contribution in [1.82, 2.24) is 14.5 Å². The highest BCUT2D eigenvalue weighted by Crippen LogP contribution is 2.61. The van der Waals surface area contributed by atoms with E-state index in [-0.39, 0.29) is 6.04 Å². The Labute approximate surface area is 382 Å². The number of allylic oxidation sites excluding steroid dienone is 1. The van der Waals surface area contributed by atoms with Crippen LogP contribution in [0.1, 0.15) is 57.8 Å². The zero-order valence-corrected chi connectivity index (χ0v) is 36.0. The molecule has 1 spiro atoms. The van der Waals surface area contributed by atoms with Crippen molar-refractivity contribution in [3.63, 3.8) is 0 Å². The van der Waals surface area contributed by atoms with E-state index in [1.54, 1.807) is 0 Å². The molecule has 1 N–H and O–H groups in total. The molecule has 0 aliphatic carbocycles. The summed E-state index contributed by atoms with van der Waals surface area (Å²) in [6, 6.07) is 77.2. The number of para-hydroxylation sites is 5. The molecule has 5 heteroatoms. The van der Waals surface area contributed by atoms with Crippen LogP contribution in [0.4, 0.5) is 0 Å². The maximum absolute atomic E-state index is 7.07. The molecule has 3 aliphatic rings. The molecule has 3 aliphatic heterocycles. The van der Waals surface area contributed by atoms with Gasteiger partial charge in [0.05, 0.1) is 44.9 Å². The second kappa shape index (κ2) is 14.3. The number of aliphatic imine (C=N–C) groups is 1. The van der Waals surface area contributed by atoms with Crippen molar-refractivity contribution in [3.05, 3.63) is 257 Å². The summed E-state index contributed by atoms with van der Waals surface area (Å²) >= 11 is 0. The molecule has 2 atom stereocenters. The number of rotatable bonds is 4. The minimum Gasteiger partial charge on any atom is -0.457 e. The van der Waals surface area contributed by atoms with Crippen molar-refractivity contribution in [3.8, 4) is 22.9 Å². The van der Waals surface area contributed by atoms with Crippen molar-refractivity contribution < 1.29 is 4.74 Å². The minimum atomic E-state index is -0.670. The van der Waals surface area contributed by atoms with E-state index in [1.807, 2.05) is 0 Å². The van der Waals surface area contributed by atoms with Gasteiger partial charge in [-0.2, -0.15) is 0 Å². The zero-order chi connectivity index (χ0) is 43.3. The number of amidine groups is 1. The molecule has 312 valence electrons. The first kappa shape index (κ1) is 37.0. The number of benzene rings is 9. The lowest BCUT2D eigenvalue weighted by Crippen LogP contribution is -2.37. The zero-order valence-electron chi connectivity index (χ0n) is 36.0.